The summed E-state index contributed by atoms with van der Waals surface area (Å²) in [7, 11) is 0. The smallest absolute Gasteiger partial charge is 0.162 e. The second kappa shape index (κ2) is 5.54. The van der Waals surface area contributed by atoms with Crippen molar-refractivity contribution in [2.45, 2.75) is 6.92 Å². The molecule has 0 spiro atoms. The van der Waals surface area contributed by atoms with Crippen molar-refractivity contribution >= 4 is 0 Å². The van der Waals surface area contributed by atoms with Gasteiger partial charge >= 0.3 is 0 Å². The van der Waals surface area contributed by atoms with E-state index in [1.54, 1.807) is 0 Å². The first-order valence-electron chi connectivity index (χ1n) is 4.52. The Morgan fingerprint density at radius 3 is 2.71 bits per heavy atom. The van der Waals surface area contributed by atoms with Crippen molar-refractivity contribution in [1.29, 1.82) is 0 Å². The molecule has 0 aliphatic heterocycles. The molecule has 4 heteroatoms. The summed E-state index contributed by atoms with van der Waals surface area (Å²) in [6.45, 7) is 3.98. The monoisotopic (exact) mass is 201 g/mol. The molecule has 14 heavy (non-hydrogen) atoms. The minimum Gasteiger partial charge on any atom is -0.492 e. The topological polar surface area (TPSA) is 21.3 Å². The molecule has 0 saturated carbocycles. The van der Waals surface area contributed by atoms with Gasteiger partial charge in [-0.1, -0.05) is 6.92 Å². The summed E-state index contributed by atoms with van der Waals surface area (Å²) < 4.78 is 30.4. The number of rotatable bonds is 5. The number of hydrogen-bond acceptors (Lipinski definition) is 2. The van der Waals surface area contributed by atoms with Crippen molar-refractivity contribution in [3.8, 4) is 5.75 Å². The molecule has 0 fully saturated rings. The first kappa shape index (κ1) is 10.9. The molecule has 0 saturated heterocycles. The zero-order valence-electron chi connectivity index (χ0n) is 8.02. The minimum absolute atomic E-state index is 0.349. The molecule has 1 aromatic rings. The van der Waals surface area contributed by atoms with Gasteiger partial charge in [0.25, 0.3) is 0 Å². The van der Waals surface area contributed by atoms with Crippen LogP contribution in [0.25, 0.3) is 0 Å². The van der Waals surface area contributed by atoms with Crippen LogP contribution in [-0.4, -0.2) is 19.7 Å². The standard InChI is InChI=1S/C10H13F2NO/c1-2-13-5-6-14-8-3-4-9(11)10(12)7-8/h3-4,7,13H,2,5-6H2,1H3. The fourth-order valence-electron chi connectivity index (χ4n) is 0.984. The zero-order valence-corrected chi connectivity index (χ0v) is 8.02. The van der Waals surface area contributed by atoms with Crippen LogP contribution in [0.2, 0.25) is 0 Å². The molecule has 78 valence electrons. The van der Waals surface area contributed by atoms with E-state index in [1.807, 2.05) is 6.92 Å². The normalized spacial score (nSPS) is 10.2. The summed E-state index contributed by atoms with van der Waals surface area (Å²) in [4.78, 5) is 0. The van der Waals surface area contributed by atoms with Gasteiger partial charge in [-0.25, -0.2) is 8.78 Å². The highest BCUT2D eigenvalue weighted by Crippen LogP contribution is 2.14. The van der Waals surface area contributed by atoms with Crippen LogP contribution in [0, 0.1) is 11.6 Å². The lowest BCUT2D eigenvalue weighted by molar-refractivity contribution is 0.312. The summed E-state index contributed by atoms with van der Waals surface area (Å²) in [6, 6.07) is 3.50. The van der Waals surface area contributed by atoms with Crippen molar-refractivity contribution in [2.75, 3.05) is 19.7 Å². The third-order valence-electron chi connectivity index (χ3n) is 1.69. The lowest BCUT2D eigenvalue weighted by Crippen LogP contribution is -2.20. The van der Waals surface area contributed by atoms with Crippen LogP contribution in [0.15, 0.2) is 18.2 Å². The van der Waals surface area contributed by atoms with Crippen molar-refractivity contribution in [1.82, 2.24) is 5.32 Å². The third-order valence-corrected chi connectivity index (χ3v) is 1.69. The van der Waals surface area contributed by atoms with Crippen molar-refractivity contribution in [3.63, 3.8) is 0 Å². The number of nitrogens with one attached hydrogen (secondary N) is 1. The fourth-order valence-corrected chi connectivity index (χ4v) is 0.984. The average Bonchev–Trinajstić information content (AvgIpc) is 2.18. The van der Waals surface area contributed by atoms with E-state index in [0.717, 1.165) is 18.7 Å². The van der Waals surface area contributed by atoms with E-state index < -0.39 is 11.6 Å². The van der Waals surface area contributed by atoms with E-state index in [1.165, 1.54) is 6.07 Å². The molecule has 0 unspecified atom stereocenters. The Morgan fingerprint density at radius 2 is 2.07 bits per heavy atom. The van der Waals surface area contributed by atoms with Gasteiger partial charge in [0.05, 0.1) is 0 Å². The van der Waals surface area contributed by atoms with Gasteiger partial charge in [-0.3, -0.25) is 0 Å². The first-order valence-corrected chi connectivity index (χ1v) is 4.52. The van der Waals surface area contributed by atoms with E-state index in [-0.39, 0.29) is 0 Å². The second-order valence-corrected chi connectivity index (χ2v) is 2.78. The molecule has 1 rings (SSSR count). The Labute approximate surface area is 81.9 Å². The molecular formula is C10H13F2NO. The predicted molar refractivity (Wildman–Crippen MR) is 50.4 cm³/mol. The maximum atomic E-state index is 12.7. The van der Waals surface area contributed by atoms with Gasteiger partial charge in [0.2, 0.25) is 0 Å². The molecule has 0 aliphatic rings. The highest BCUT2D eigenvalue weighted by atomic mass is 19.2. The Kier molecular flexibility index (Phi) is 4.32. The lowest BCUT2D eigenvalue weighted by Gasteiger charge is -2.06. The summed E-state index contributed by atoms with van der Waals surface area (Å²) in [5, 5.41) is 3.05. The van der Waals surface area contributed by atoms with Crippen LogP contribution in [0.4, 0.5) is 8.78 Å². The third kappa shape index (κ3) is 3.30. The first-order chi connectivity index (χ1) is 6.74. The molecule has 0 bridgehead atoms. The van der Waals surface area contributed by atoms with Gasteiger partial charge < -0.3 is 10.1 Å². The number of benzene rings is 1. The second-order valence-electron chi connectivity index (χ2n) is 2.78. The average molecular weight is 201 g/mol. The van der Waals surface area contributed by atoms with Crippen LogP contribution < -0.4 is 10.1 Å². The van der Waals surface area contributed by atoms with Crippen molar-refractivity contribution in [2.24, 2.45) is 0 Å². The van der Waals surface area contributed by atoms with Gasteiger partial charge in [0.15, 0.2) is 11.6 Å². The Balaban J connectivity index is 2.39. The van der Waals surface area contributed by atoms with Crippen LogP contribution in [0.3, 0.4) is 0 Å². The summed E-state index contributed by atoms with van der Waals surface area (Å²) in [5.41, 5.74) is 0. The maximum Gasteiger partial charge on any atom is 0.162 e. The fraction of sp³-hybridized carbons (Fsp3) is 0.400. The Bertz CT molecular complexity index is 291. The van der Waals surface area contributed by atoms with Crippen molar-refractivity contribution < 1.29 is 13.5 Å². The molecule has 0 heterocycles. The Hall–Kier alpha value is -1.16. The molecule has 1 aromatic carbocycles. The van der Waals surface area contributed by atoms with E-state index in [0.29, 0.717) is 18.9 Å². The molecule has 0 aromatic heterocycles. The zero-order chi connectivity index (χ0) is 10.4. The van der Waals surface area contributed by atoms with E-state index >= 15 is 0 Å². The highest BCUT2D eigenvalue weighted by molar-refractivity contribution is 5.23. The van der Waals surface area contributed by atoms with Crippen LogP contribution in [-0.2, 0) is 0 Å². The SMILES string of the molecule is CCNCCOc1ccc(F)c(F)c1. The van der Waals surface area contributed by atoms with Crippen molar-refractivity contribution in [3.05, 3.63) is 29.8 Å². The van der Waals surface area contributed by atoms with E-state index in [9.17, 15) is 8.78 Å². The number of likely N-dealkylation sites (N-methyl/N-ethyl adjacent to an activating group) is 1. The highest BCUT2D eigenvalue weighted by Gasteiger charge is 2.02. The summed E-state index contributed by atoms with van der Waals surface area (Å²) in [6.07, 6.45) is 0. The molecule has 1 N–H and O–H groups in total. The number of hydrogen-bond donors (Lipinski definition) is 1. The van der Waals surface area contributed by atoms with Crippen LogP contribution >= 0.6 is 0 Å². The van der Waals surface area contributed by atoms with Gasteiger partial charge in [0.1, 0.15) is 12.4 Å². The lowest BCUT2D eigenvalue weighted by atomic mass is 10.3. The van der Waals surface area contributed by atoms with Crippen LogP contribution in [0.1, 0.15) is 6.92 Å². The molecule has 0 radical (unpaired) electrons. The molecule has 2 nitrogen and oxygen atoms in total. The number of halogens is 2. The van der Waals surface area contributed by atoms with Gasteiger partial charge in [-0.15, -0.1) is 0 Å². The summed E-state index contributed by atoms with van der Waals surface area (Å²) >= 11 is 0. The maximum absolute atomic E-state index is 12.7. The molecule has 0 amide bonds. The number of ether oxygens (including phenoxy) is 1. The van der Waals surface area contributed by atoms with E-state index in [4.69, 9.17) is 4.74 Å². The predicted octanol–water partition coefficient (Wildman–Crippen LogP) is 1.95. The van der Waals surface area contributed by atoms with E-state index in [2.05, 4.69) is 5.32 Å². The Morgan fingerprint density at radius 1 is 1.29 bits per heavy atom. The minimum atomic E-state index is -0.883. The largest absolute Gasteiger partial charge is 0.492 e. The van der Waals surface area contributed by atoms with Gasteiger partial charge in [-0.2, -0.15) is 0 Å². The van der Waals surface area contributed by atoms with Gasteiger partial charge in [-0.05, 0) is 18.7 Å². The quantitative estimate of drug-likeness (QED) is 0.735. The summed E-state index contributed by atoms with van der Waals surface area (Å²) in [5.74, 6) is -1.39. The molecule has 0 atom stereocenters. The van der Waals surface area contributed by atoms with Gasteiger partial charge in [0, 0.05) is 12.6 Å². The molecule has 0 aliphatic carbocycles. The van der Waals surface area contributed by atoms with Crippen LogP contribution in [0.5, 0.6) is 5.75 Å². The molecular weight excluding hydrogens is 188 g/mol.